The average Bonchev–Trinajstić information content (AvgIpc) is 3.19. The lowest BCUT2D eigenvalue weighted by atomic mass is 9.83. The lowest BCUT2D eigenvalue weighted by Crippen LogP contribution is -2.47. The van der Waals surface area contributed by atoms with Gasteiger partial charge in [0, 0.05) is 24.2 Å². The van der Waals surface area contributed by atoms with E-state index < -0.39 is 17.5 Å². The summed E-state index contributed by atoms with van der Waals surface area (Å²) in [6.45, 7) is 8.24. The first-order valence-corrected chi connectivity index (χ1v) is 13.5. The summed E-state index contributed by atoms with van der Waals surface area (Å²) in [5.41, 5.74) is 1.89. The molecule has 1 atom stereocenters. The zero-order valence-electron chi connectivity index (χ0n) is 23.9. The van der Waals surface area contributed by atoms with E-state index in [4.69, 9.17) is 19.3 Å². The highest BCUT2D eigenvalue weighted by Gasteiger charge is 2.47. The molecule has 40 heavy (non-hydrogen) atoms. The van der Waals surface area contributed by atoms with Crippen LogP contribution in [0.4, 0.5) is 0 Å². The van der Waals surface area contributed by atoms with E-state index >= 15 is 0 Å². The monoisotopic (exact) mass is 551 g/mol. The molecule has 0 aromatic heterocycles. The van der Waals surface area contributed by atoms with Crippen molar-refractivity contribution in [2.45, 2.75) is 59.1 Å². The average molecular weight is 552 g/mol. The molecule has 10 heteroatoms. The van der Waals surface area contributed by atoms with Gasteiger partial charge in [-0.1, -0.05) is 13.0 Å². The number of hydrogen-bond donors (Lipinski definition) is 1. The first-order valence-electron chi connectivity index (χ1n) is 13.5. The van der Waals surface area contributed by atoms with Crippen LogP contribution in [0.15, 0.2) is 41.5 Å². The molecule has 0 saturated carbocycles. The number of nitrogens with zero attached hydrogens (tertiary/aromatic N) is 3. The molecule has 0 aliphatic carbocycles. The molecule has 0 radical (unpaired) electrons. The summed E-state index contributed by atoms with van der Waals surface area (Å²) in [4.78, 5) is 40.1. The van der Waals surface area contributed by atoms with Crippen LogP contribution in [0, 0.1) is 12.3 Å². The number of benzene rings is 2. The van der Waals surface area contributed by atoms with Crippen LogP contribution in [-0.4, -0.2) is 78.0 Å². The predicted molar refractivity (Wildman–Crippen MR) is 149 cm³/mol. The molecule has 0 spiro atoms. The maximum atomic E-state index is 13.5. The van der Waals surface area contributed by atoms with Gasteiger partial charge in [-0.05, 0) is 75.9 Å². The lowest BCUT2D eigenvalue weighted by molar-refractivity contribution is -0.145. The number of rotatable bonds is 9. The first-order chi connectivity index (χ1) is 19.0. The zero-order valence-corrected chi connectivity index (χ0v) is 23.9. The Labute approximate surface area is 234 Å². The number of carboxylic acids is 1. The van der Waals surface area contributed by atoms with Gasteiger partial charge in [-0.2, -0.15) is 5.10 Å². The number of hydrazone groups is 1. The van der Waals surface area contributed by atoms with E-state index in [0.717, 1.165) is 11.1 Å². The second-order valence-corrected chi connectivity index (χ2v) is 10.6. The quantitative estimate of drug-likeness (QED) is 0.498. The fraction of sp³-hybridized carbons (Fsp3) is 0.467. The Balaban J connectivity index is 1.48. The van der Waals surface area contributed by atoms with Gasteiger partial charge in [0.25, 0.3) is 11.8 Å². The van der Waals surface area contributed by atoms with Gasteiger partial charge in [-0.25, -0.2) is 9.80 Å². The molecule has 2 heterocycles. The van der Waals surface area contributed by atoms with Crippen LogP contribution in [0.2, 0.25) is 0 Å². The van der Waals surface area contributed by atoms with Crippen LogP contribution >= 0.6 is 0 Å². The number of hydrogen-bond acceptors (Lipinski definition) is 7. The van der Waals surface area contributed by atoms with Gasteiger partial charge >= 0.3 is 5.97 Å². The van der Waals surface area contributed by atoms with Crippen molar-refractivity contribution < 1.29 is 33.7 Å². The Hall–Kier alpha value is -4.08. The minimum atomic E-state index is -1.05. The van der Waals surface area contributed by atoms with Gasteiger partial charge in [0.15, 0.2) is 17.6 Å². The summed E-state index contributed by atoms with van der Waals surface area (Å²) in [5.74, 6) is 0.241. The Bertz CT molecular complexity index is 1330. The summed E-state index contributed by atoms with van der Waals surface area (Å²) in [6.07, 6.45) is 0.501. The zero-order chi connectivity index (χ0) is 29.2. The number of carboxylic acid groups (broad SMARTS) is 1. The van der Waals surface area contributed by atoms with E-state index in [2.05, 4.69) is 0 Å². The van der Waals surface area contributed by atoms with Crippen molar-refractivity contribution in [3.63, 3.8) is 0 Å². The summed E-state index contributed by atoms with van der Waals surface area (Å²) in [5, 5.41) is 15.7. The van der Waals surface area contributed by atoms with Crippen LogP contribution in [0.1, 0.15) is 61.5 Å². The minimum Gasteiger partial charge on any atom is -0.493 e. The van der Waals surface area contributed by atoms with Crippen molar-refractivity contribution in [2.75, 3.05) is 27.3 Å². The van der Waals surface area contributed by atoms with E-state index in [-0.39, 0.29) is 17.9 Å². The number of aliphatic carboxylic acids is 1. The van der Waals surface area contributed by atoms with Crippen molar-refractivity contribution in [1.82, 2.24) is 9.91 Å². The number of amides is 2. The van der Waals surface area contributed by atoms with Gasteiger partial charge in [-0.3, -0.25) is 9.59 Å². The Kier molecular flexibility index (Phi) is 8.37. The van der Waals surface area contributed by atoms with Gasteiger partial charge in [0.05, 0.1) is 31.4 Å². The van der Waals surface area contributed by atoms with Crippen molar-refractivity contribution in [2.24, 2.45) is 10.5 Å². The third-order valence-corrected chi connectivity index (χ3v) is 7.66. The third kappa shape index (κ3) is 5.48. The smallest absolute Gasteiger partial charge is 0.344 e. The molecule has 2 aromatic carbocycles. The standard InChI is InChI=1S/C30H37N3O7/c1-7-23(28(35)36)40-21-10-8-18(2)22(17-21)27(34)32-14-12-20(13-15-32)33-29(37)30(3,4)26(31-33)19-9-11-24(38-5)25(16-19)39-6/h8-11,16-17,20,23H,7,12-15H2,1-6H3,(H,35,36). The number of likely N-dealkylation sites (tertiary alicyclic amines) is 1. The van der Waals surface area contributed by atoms with E-state index in [1.54, 1.807) is 55.3 Å². The van der Waals surface area contributed by atoms with Gasteiger partial charge < -0.3 is 24.2 Å². The summed E-state index contributed by atoms with van der Waals surface area (Å²) in [6, 6.07) is 10.4. The molecule has 2 aliphatic rings. The molecule has 2 amide bonds. The van der Waals surface area contributed by atoms with Crippen LogP contribution < -0.4 is 14.2 Å². The van der Waals surface area contributed by atoms with Gasteiger partial charge in [-0.15, -0.1) is 0 Å². The molecule has 10 nitrogen and oxygen atoms in total. The van der Waals surface area contributed by atoms with E-state index in [0.29, 0.717) is 60.9 Å². The highest BCUT2D eigenvalue weighted by atomic mass is 16.5. The van der Waals surface area contributed by atoms with Crippen LogP contribution in [0.5, 0.6) is 17.2 Å². The number of carbonyl (C=O) groups is 3. The number of ether oxygens (including phenoxy) is 3. The second kappa shape index (κ2) is 11.6. The normalized spacial score (nSPS) is 17.9. The number of piperidine rings is 1. The Morgan fingerprint density at radius 2 is 1.75 bits per heavy atom. The van der Waals surface area contributed by atoms with Gasteiger partial charge in [0.2, 0.25) is 0 Å². The maximum Gasteiger partial charge on any atom is 0.344 e. The summed E-state index contributed by atoms with van der Waals surface area (Å²) in [7, 11) is 3.14. The fourth-order valence-electron chi connectivity index (χ4n) is 5.18. The van der Waals surface area contributed by atoms with Crippen molar-refractivity contribution in [3.8, 4) is 17.2 Å². The minimum absolute atomic E-state index is 0.0772. The molecular weight excluding hydrogens is 514 g/mol. The molecule has 2 aliphatic heterocycles. The first kappa shape index (κ1) is 28.9. The summed E-state index contributed by atoms with van der Waals surface area (Å²) >= 11 is 0. The molecule has 1 fully saturated rings. The summed E-state index contributed by atoms with van der Waals surface area (Å²) < 4.78 is 16.4. The highest BCUT2D eigenvalue weighted by Crippen LogP contribution is 2.37. The molecule has 1 unspecified atom stereocenters. The molecule has 2 aromatic rings. The Morgan fingerprint density at radius 3 is 2.35 bits per heavy atom. The molecule has 214 valence electrons. The fourth-order valence-corrected chi connectivity index (χ4v) is 5.18. The molecule has 4 rings (SSSR count). The van der Waals surface area contributed by atoms with Crippen molar-refractivity contribution in [1.29, 1.82) is 0 Å². The van der Waals surface area contributed by atoms with Crippen LogP contribution in [0.3, 0.4) is 0 Å². The highest BCUT2D eigenvalue weighted by molar-refractivity contribution is 6.19. The Morgan fingerprint density at radius 1 is 1.07 bits per heavy atom. The topological polar surface area (TPSA) is 118 Å². The molecular formula is C30H37N3O7. The number of methoxy groups -OCH3 is 2. The van der Waals surface area contributed by atoms with E-state index in [9.17, 15) is 19.5 Å². The third-order valence-electron chi connectivity index (χ3n) is 7.66. The maximum absolute atomic E-state index is 13.5. The second-order valence-electron chi connectivity index (χ2n) is 10.6. The van der Waals surface area contributed by atoms with Crippen LogP contribution in [-0.2, 0) is 9.59 Å². The predicted octanol–water partition coefficient (Wildman–Crippen LogP) is 4.13. The largest absolute Gasteiger partial charge is 0.493 e. The van der Waals surface area contributed by atoms with E-state index in [1.165, 1.54) is 0 Å². The molecule has 1 N–H and O–H groups in total. The van der Waals surface area contributed by atoms with Crippen molar-refractivity contribution >= 4 is 23.5 Å². The molecule has 1 saturated heterocycles. The number of carbonyl (C=O) groups excluding carboxylic acids is 2. The molecule has 0 bridgehead atoms. The number of aryl methyl sites for hydroxylation is 1. The van der Waals surface area contributed by atoms with E-state index in [1.807, 2.05) is 32.9 Å². The lowest BCUT2D eigenvalue weighted by Gasteiger charge is -2.35. The SMILES string of the molecule is CCC(Oc1ccc(C)c(C(=O)N2CCC(N3N=C(c4ccc(OC)c(OC)c4)C(C)(C)C3=O)CC2)c1)C(=O)O. The van der Waals surface area contributed by atoms with Crippen LogP contribution in [0.25, 0.3) is 0 Å². The van der Waals surface area contributed by atoms with Crippen molar-refractivity contribution in [3.05, 3.63) is 53.1 Å². The van der Waals surface area contributed by atoms with Gasteiger partial charge in [0.1, 0.15) is 5.75 Å².